The molecule has 1 aromatic rings. The lowest BCUT2D eigenvalue weighted by Crippen LogP contribution is -2.26. The predicted molar refractivity (Wildman–Crippen MR) is 77.5 cm³/mol. The zero-order valence-electron chi connectivity index (χ0n) is 12.3. The number of hydrogen-bond acceptors (Lipinski definition) is 3. The second-order valence-electron chi connectivity index (χ2n) is 5.80. The quantitative estimate of drug-likeness (QED) is 0.841. The van der Waals surface area contributed by atoms with Crippen molar-refractivity contribution in [2.75, 3.05) is 0 Å². The first kappa shape index (κ1) is 14.7. The normalized spacial score (nSPS) is 23.6. The Hall–Kier alpha value is -1.66. The zero-order chi connectivity index (χ0) is 14.7. The van der Waals surface area contributed by atoms with Gasteiger partial charge in [0, 0.05) is 0 Å². The number of carbonyl (C=O) groups excluding carboxylic acids is 1. The fourth-order valence-corrected chi connectivity index (χ4v) is 2.57. The molecule has 106 valence electrons. The van der Waals surface area contributed by atoms with Crippen molar-refractivity contribution in [2.24, 2.45) is 0 Å². The number of Topliss-reactive ketones (excluding diaryl/α,β-unsaturated/α-hetero) is 1. The number of hydrogen-bond donors (Lipinski definition) is 0. The summed E-state index contributed by atoms with van der Waals surface area (Å²) in [5.74, 6) is -0.375. The fourth-order valence-electron chi connectivity index (χ4n) is 2.57. The summed E-state index contributed by atoms with van der Waals surface area (Å²) in [5, 5.41) is 9.33. The molecule has 0 aromatic heterocycles. The molecule has 2 rings (SSSR count). The molecule has 0 aliphatic carbocycles. The Bertz CT molecular complexity index is 513. The number of nitrogens with zero attached hydrogens (tertiary/aromatic N) is 1. The van der Waals surface area contributed by atoms with Gasteiger partial charge < -0.3 is 4.74 Å². The molecule has 0 N–H and O–H groups in total. The molecule has 3 atom stereocenters. The lowest BCUT2D eigenvalue weighted by molar-refractivity contribution is -0.129. The summed E-state index contributed by atoms with van der Waals surface area (Å²) < 4.78 is 5.59. The van der Waals surface area contributed by atoms with Crippen LogP contribution in [0, 0.1) is 11.3 Å². The van der Waals surface area contributed by atoms with E-state index in [0.717, 1.165) is 18.4 Å². The highest BCUT2D eigenvalue weighted by molar-refractivity contribution is 5.92. The second kappa shape index (κ2) is 6.19. The first-order valence-corrected chi connectivity index (χ1v) is 7.21. The summed E-state index contributed by atoms with van der Waals surface area (Å²) in [6.07, 6.45) is 1.31. The van der Waals surface area contributed by atoms with E-state index in [2.05, 4.69) is 19.9 Å². The number of carbonyl (C=O) groups is 1. The largest absolute Gasteiger partial charge is 0.367 e. The molecule has 0 bridgehead atoms. The van der Waals surface area contributed by atoms with E-state index in [4.69, 9.17) is 4.74 Å². The highest BCUT2D eigenvalue weighted by Gasteiger charge is 2.33. The number of nitriles is 1. The van der Waals surface area contributed by atoms with E-state index in [1.165, 1.54) is 5.56 Å². The van der Waals surface area contributed by atoms with Crippen LogP contribution in [0.5, 0.6) is 0 Å². The van der Waals surface area contributed by atoms with Crippen LogP contribution in [-0.2, 0) is 9.53 Å². The van der Waals surface area contributed by atoms with Crippen LogP contribution in [0.25, 0.3) is 0 Å². The van der Waals surface area contributed by atoms with E-state index in [1.807, 2.05) is 31.2 Å². The summed E-state index contributed by atoms with van der Waals surface area (Å²) >= 11 is 0. The van der Waals surface area contributed by atoms with Gasteiger partial charge in [0.05, 0.1) is 12.2 Å². The molecular weight excluding hydrogens is 250 g/mol. The van der Waals surface area contributed by atoms with Crippen LogP contribution in [0.2, 0.25) is 0 Å². The molecule has 3 unspecified atom stereocenters. The van der Waals surface area contributed by atoms with Crippen LogP contribution in [0.4, 0.5) is 0 Å². The summed E-state index contributed by atoms with van der Waals surface area (Å²) in [4.78, 5) is 12.4. The number of rotatable bonds is 4. The zero-order valence-corrected chi connectivity index (χ0v) is 12.3. The molecule has 3 heteroatoms. The number of ether oxygens (including phenoxy) is 1. The van der Waals surface area contributed by atoms with Crippen LogP contribution >= 0.6 is 0 Å². The van der Waals surface area contributed by atoms with Gasteiger partial charge in [-0.2, -0.15) is 5.26 Å². The van der Waals surface area contributed by atoms with Gasteiger partial charge in [0.15, 0.2) is 5.78 Å². The predicted octanol–water partition coefficient (Wildman–Crippen LogP) is 3.55. The van der Waals surface area contributed by atoms with Gasteiger partial charge in [-0.15, -0.1) is 0 Å². The van der Waals surface area contributed by atoms with Crippen molar-refractivity contribution in [3.05, 3.63) is 35.4 Å². The fraction of sp³-hybridized carbons (Fsp3) is 0.529. The number of benzene rings is 1. The molecule has 1 aliphatic rings. The van der Waals surface area contributed by atoms with Gasteiger partial charge in [-0.3, -0.25) is 4.79 Å². The average molecular weight is 271 g/mol. The molecule has 0 amide bonds. The summed E-state index contributed by atoms with van der Waals surface area (Å²) in [6, 6.07) is 9.90. The molecule has 0 saturated carbocycles. The lowest BCUT2D eigenvalue weighted by Gasteiger charge is -2.15. The van der Waals surface area contributed by atoms with E-state index in [0.29, 0.717) is 5.92 Å². The highest BCUT2D eigenvalue weighted by atomic mass is 16.5. The Morgan fingerprint density at radius 3 is 2.30 bits per heavy atom. The monoisotopic (exact) mass is 271 g/mol. The Labute approximate surface area is 120 Å². The number of ketones is 1. The first-order valence-electron chi connectivity index (χ1n) is 7.21. The summed E-state index contributed by atoms with van der Waals surface area (Å²) in [5.41, 5.74) is 1.98. The van der Waals surface area contributed by atoms with Crippen LogP contribution in [-0.4, -0.2) is 18.0 Å². The highest BCUT2D eigenvalue weighted by Crippen LogP contribution is 2.27. The van der Waals surface area contributed by atoms with E-state index < -0.39 is 12.0 Å². The van der Waals surface area contributed by atoms with Crippen LogP contribution in [0.3, 0.4) is 0 Å². The van der Waals surface area contributed by atoms with Crippen molar-refractivity contribution in [1.82, 2.24) is 0 Å². The minimum atomic E-state index is -0.716. The maximum atomic E-state index is 12.4. The molecule has 1 aromatic carbocycles. The van der Waals surface area contributed by atoms with Crippen LogP contribution in [0.1, 0.15) is 56.6 Å². The molecule has 3 nitrogen and oxygen atoms in total. The van der Waals surface area contributed by atoms with E-state index in [9.17, 15) is 10.1 Å². The van der Waals surface area contributed by atoms with Gasteiger partial charge in [-0.05, 0) is 36.8 Å². The van der Waals surface area contributed by atoms with Crippen LogP contribution in [0.15, 0.2) is 24.3 Å². The molecule has 1 fully saturated rings. The average Bonchev–Trinajstić information content (AvgIpc) is 2.86. The van der Waals surface area contributed by atoms with Crippen LogP contribution < -0.4 is 0 Å². The standard InChI is InChI=1S/C17H21NO2/c1-11(2)13-5-7-14(8-6-13)15(10-18)17(19)16-9-4-12(3)20-16/h5-8,11-12,15-16H,4,9H2,1-3H3. The van der Waals surface area contributed by atoms with Gasteiger partial charge in [-0.25, -0.2) is 0 Å². The van der Waals surface area contributed by atoms with Crippen molar-refractivity contribution < 1.29 is 9.53 Å². The first-order chi connectivity index (χ1) is 9.52. The van der Waals surface area contributed by atoms with E-state index in [1.54, 1.807) is 0 Å². The molecule has 1 aliphatic heterocycles. The molecule has 0 spiro atoms. The molecule has 20 heavy (non-hydrogen) atoms. The van der Waals surface area contributed by atoms with Crippen molar-refractivity contribution >= 4 is 5.78 Å². The van der Waals surface area contributed by atoms with Gasteiger partial charge >= 0.3 is 0 Å². The third-order valence-electron chi connectivity index (χ3n) is 3.90. The molecule has 0 radical (unpaired) electrons. The van der Waals surface area contributed by atoms with Crippen molar-refractivity contribution in [3.8, 4) is 6.07 Å². The second-order valence-corrected chi connectivity index (χ2v) is 5.80. The molecule has 1 saturated heterocycles. The maximum Gasteiger partial charge on any atom is 0.183 e. The van der Waals surface area contributed by atoms with Crippen molar-refractivity contribution in [2.45, 2.75) is 57.7 Å². The third kappa shape index (κ3) is 3.08. The maximum absolute atomic E-state index is 12.4. The Morgan fingerprint density at radius 2 is 1.85 bits per heavy atom. The third-order valence-corrected chi connectivity index (χ3v) is 3.90. The Morgan fingerprint density at radius 1 is 1.25 bits per heavy atom. The van der Waals surface area contributed by atoms with Crippen molar-refractivity contribution in [1.29, 1.82) is 5.26 Å². The van der Waals surface area contributed by atoms with E-state index in [-0.39, 0.29) is 11.9 Å². The smallest absolute Gasteiger partial charge is 0.183 e. The van der Waals surface area contributed by atoms with Gasteiger partial charge in [0.2, 0.25) is 0 Å². The molecule has 1 heterocycles. The Balaban J connectivity index is 2.15. The lowest BCUT2D eigenvalue weighted by atomic mass is 9.90. The minimum absolute atomic E-state index is 0.103. The minimum Gasteiger partial charge on any atom is -0.367 e. The molecular formula is C17H21NO2. The van der Waals surface area contributed by atoms with Gasteiger partial charge in [-0.1, -0.05) is 38.1 Å². The summed E-state index contributed by atoms with van der Waals surface area (Å²) in [6.45, 7) is 6.21. The SMILES string of the molecule is CC1CCC(C(=O)C(C#N)c2ccc(C(C)C)cc2)O1. The van der Waals surface area contributed by atoms with Gasteiger partial charge in [0.1, 0.15) is 12.0 Å². The van der Waals surface area contributed by atoms with Crippen molar-refractivity contribution in [3.63, 3.8) is 0 Å². The summed E-state index contributed by atoms with van der Waals surface area (Å²) in [7, 11) is 0. The topological polar surface area (TPSA) is 50.1 Å². The van der Waals surface area contributed by atoms with E-state index >= 15 is 0 Å². The van der Waals surface area contributed by atoms with Gasteiger partial charge in [0.25, 0.3) is 0 Å². The Kier molecular flexibility index (Phi) is 4.57.